The maximum atomic E-state index is 3.98. The summed E-state index contributed by atoms with van der Waals surface area (Å²) in [6.07, 6.45) is 6.54. The topological polar surface area (TPSA) is 25.8 Å². The smallest absolute Gasteiger partial charge is 0.0372 e. The molecule has 0 aliphatic carbocycles. The maximum absolute atomic E-state index is 3.98. The average molecular weight is 329 g/mol. The third-order valence-electron chi connectivity index (χ3n) is 2.61. The van der Waals surface area contributed by atoms with E-state index in [1.54, 1.807) is 23.7 Å². The zero-order valence-corrected chi connectivity index (χ0v) is 15.7. The van der Waals surface area contributed by atoms with Crippen molar-refractivity contribution in [3.05, 3.63) is 82.6 Å². The fraction of sp³-hybridized carbons (Fsp3) is 0.300. The molecule has 0 aromatic carbocycles. The highest BCUT2D eigenvalue weighted by Gasteiger charge is 1.81. The molecule has 0 aliphatic rings. The molecule has 0 unspecified atom stereocenters. The molecule has 0 fully saturated rings. The quantitative estimate of drug-likeness (QED) is 0.538. The zero-order chi connectivity index (χ0) is 17.3. The van der Waals surface area contributed by atoms with Gasteiger partial charge < -0.3 is 0 Å². The number of aromatic nitrogens is 2. The third kappa shape index (κ3) is 12.2. The molecule has 2 nitrogen and oxygen atoms in total. The van der Waals surface area contributed by atoms with Crippen molar-refractivity contribution in [2.75, 3.05) is 0 Å². The molecule has 124 valence electrons. The first-order valence-electron chi connectivity index (χ1n) is 7.99. The van der Waals surface area contributed by atoms with E-state index in [1.165, 1.54) is 10.4 Å². The van der Waals surface area contributed by atoms with Crippen molar-refractivity contribution >= 4 is 11.3 Å². The van der Waals surface area contributed by atoms with Crippen molar-refractivity contribution in [2.45, 2.75) is 41.0 Å². The van der Waals surface area contributed by atoms with Crippen molar-refractivity contribution in [2.24, 2.45) is 0 Å². The molecule has 0 spiro atoms. The lowest BCUT2D eigenvalue weighted by Gasteiger charge is -1.88. The molecule has 3 heteroatoms. The van der Waals surface area contributed by atoms with E-state index in [0.717, 1.165) is 12.1 Å². The Morgan fingerprint density at radius 1 is 0.913 bits per heavy atom. The summed E-state index contributed by atoms with van der Waals surface area (Å²) >= 11 is 1.78. The summed E-state index contributed by atoms with van der Waals surface area (Å²) in [4.78, 5) is 9.32. The van der Waals surface area contributed by atoms with E-state index in [0.29, 0.717) is 0 Å². The standard InChI is InChI=1S/C7H9N.C6H7N.C5H6S.C2H6/c1-2-7-4-3-5-8-6-7;1-6-4-2-3-5-7-6;1-5-3-2-4-6-5;1-2/h3-6H,2H2,1H3;2-5H,1H3;2-4H,1H3;1-2H3. The van der Waals surface area contributed by atoms with E-state index >= 15 is 0 Å². The van der Waals surface area contributed by atoms with Crippen LogP contribution in [0.4, 0.5) is 0 Å². The fourth-order valence-corrected chi connectivity index (χ4v) is 1.95. The van der Waals surface area contributed by atoms with Gasteiger partial charge in [-0.1, -0.05) is 39.0 Å². The first kappa shape index (κ1) is 21.0. The van der Waals surface area contributed by atoms with Crippen LogP contribution in [0.15, 0.2) is 66.4 Å². The molecule has 0 saturated heterocycles. The van der Waals surface area contributed by atoms with Crippen LogP contribution >= 0.6 is 11.3 Å². The fourth-order valence-electron chi connectivity index (χ4n) is 1.42. The van der Waals surface area contributed by atoms with E-state index in [4.69, 9.17) is 0 Å². The second-order valence-corrected chi connectivity index (χ2v) is 5.56. The van der Waals surface area contributed by atoms with Gasteiger partial charge in [0.25, 0.3) is 0 Å². The Morgan fingerprint density at radius 3 is 1.96 bits per heavy atom. The van der Waals surface area contributed by atoms with Crippen LogP contribution in [-0.4, -0.2) is 9.97 Å². The molecule has 0 bridgehead atoms. The van der Waals surface area contributed by atoms with Gasteiger partial charge in [0.2, 0.25) is 0 Å². The maximum Gasteiger partial charge on any atom is 0.0372 e. The molecule has 23 heavy (non-hydrogen) atoms. The van der Waals surface area contributed by atoms with Crippen molar-refractivity contribution in [3.63, 3.8) is 0 Å². The van der Waals surface area contributed by atoms with E-state index < -0.39 is 0 Å². The van der Waals surface area contributed by atoms with Crippen molar-refractivity contribution in [1.82, 2.24) is 9.97 Å². The molecular weight excluding hydrogens is 300 g/mol. The highest BCUT2D eigenvalue weighted by Crippen LogP contribution is 2.03. The van der Waals surface area contributed by atoms with Crippen molar-refractivity contribution in [1.29, 1.82) is 0 Å². The van der Waals surface area contributed by atoms with Gasteiger partial charge in [-0.15, -0.1) is 11.3 Å². The molecule has 0 N–H and O–H groups in total. The summed E-state index contributed by atoms with van der Waals surface area (Å²) in [6, 6.07) is 14.0. The molecule has 3 aromatic rings. The number of thiophene rings is 1. The van der Waals surface area contributed by atoms with Gasteiger partial charge in [0.15, 0.2) is 0 Å². The van der Waals surface area contributed by atoms with Crippen LogP contribution in [0.1, 0.15) is 36.9 Å². The normalized spacial score (nSPS) is 8.39. The number of pyridine rings is 2. The predicted octanol–water partition coefficient (Wildman–Crippen LogP) is 6.12. The summed E-state index contributed by atoms with van der Waals surface area (Å²) in [6.45, 7) is 10.2. The Morgan fingerprint density at radius 2 is 1.70 bits per heavy atom. The number of rotatable bonds is 1. The van der Waals surface area contributed by atoms with Crippen LogP contribution in [0, 0.1) is 13.8 Å². The molecule has 0 aliphatic heterocycles. The van der Waals surface area contributed by atoms with Crippen LogP contribution in [0.2, 0.25) is 0 Å². The zero-order valence-electron chi connectivity index (χ0n) is 14.9. The van der Waals surface area contributed by atoms with Gasteiger partial charge >= 0.3 is 0 Å². The van der Waals surface area contributed by atoms with Crippen LogP contribution < -0.4 is 0 Å². The monoisotopic (exact) mass is 328 g/mol. The SMILES string of the molecule is CC.CCc1cccnc1.Cc1ccccn1.Cc1cccs1. The minimum atomic E-state index is 1.07. The van der Waals surface area contributed by atoms with Crippen LogP contribution in [0.3, 0.4) is 0 Å². The Bertz CT molecular complexity index is 563. The number of hydrogen-bond donors (Lipinski definition) is 0. The second kappa shape index (κ2) is 14.9. The van der Waals surface area contributed by atoms with Gasteiger partial charge in [-0.2, -0.15) is 0 Å². The summed E-state index contributed by atoms with van der Waals surface area (Å²) in [5.41, 5.74) is 2.37. The molecule has 0 saturated carbocycles. The van der Waals surface area contributed by atoms with Crippen molar-refractivity contribution in [3.8, 4) is 0 Å². The largest absolute Gasteiger partial charge is 0.264 e. The lowest BCUT2D eigenvalue weighted by Crippen LogP contribution is -1.77. The predicted molar refractivity (Wildman–Crippen MR) is 103 cm³/mol. The van der Waals surface area contributed by atoms with Gasteiger partial charge in [-0.25, -0.2) is 0 Å². The highest BCUT2D eigenvalue weighted by molar-refractivity contribution is 7.09. The minimum absolute atomic E-state index is 1.07. The van der Waals surface area contributed by atoms with Gasteiger partial charge in [0.1, 0.15) is 0 Å². The highest BCUT2D eigenvalue weighted by atomic mass is 32.1. The molecule has 0 atom stereocenters. The molecule has 3 aromatic heterocycles. The van der Waals surface area contributed by atoms with Crippen molar-refractivity contribution < 1.29 is 0 Å². The summed E-state index contributed by atoms with van der Waals surface area (Å²) in [7, 11) is 0. The Kier molecular flexibility index (Phi) is 13.6. The number of aryl methyl sites for hydroxylation is 3. The average Bonchev–Trinajstić information content (AvgIpc) is 3.10. The number of hydrogen-bond acceptors (Lipinski definition) is 3. The second-order valence-electron chi connectivity index (χ2n) is 4.41. The van der Waals surface area contributed by atoms with Gasteiger partial charge in [0.05, 0.1) is 0 Å². The van der Waals surface area contributed by atoms with Crippen LogP contribution in [0.5, 0.6) is 0 Å². The minimum Gasteiger partial charge on any atom is -0.264 e. The lowest BCUT2D eigenvalue weighted by molar-refractivity contribution is 1.10. The van der Waals surface area contributed by atoms with Crippen LogP contribution in [-0.2, 0) is 6.42 Å². The molecule has 0 radical (unpaired) electrons. The summed E-state index contributed by atoms with van der Waals surface area (Å²) in [5.74, 6) is 0. The molecular formula is C20H28N2S. The lowest BCUT2D eigenvalue weighted by atomic mass is 10.2. The van der Waals surface area contributed by atoms with E-state index in [9.17, 15) is 0 Å². The summed E-state index contributed by atoms with van der Waals surface area (Å²) < 4.78 is 0. The van der Waals surface area contributed by atoms with E-state index in [-0.39, 0.29) is 0 Å². The third-order valence-corrected chi connectivity index (χ3v) is 3.41. The van der Waals surface area contributed by atoms with Gasteiger partial charge in [0, 0.05) is 29.2 Å². The molecule has 0 amide bonds. The first-order chi connectivity index (χ1) is 11.2. The van der Waals surface area contributed by atoms with E-state index in [2.05, 4.69) is 47.4 Å². The Hall–Kier alpha value is -2.00. The van der Waals surface area contributed by atoms with Crippen LogP contribution in [0.25, 0.3) is 0 Å². The van der Waals surface area contributed by atoms with Gasteiger partial charge in [-0.3, -0.25) is 9.97 Å². The van der Waals surface area contributed by atoms with Gasteiger partial charge in [-0.05, 0) is 55.5 Å². The van der Waals surface area contributed by atoms with E-state index in [1.807, 2.05) is 51.2 Å². The molecule has 3 heterocycles. The summed E-state index contributed by atoms with van der Waals surface area (Å²) in [5, 5.41) is 2.08. The molecule has 3 rings (SSSR count). The first-order valence-corrected chi connectivity index (χ1v) is 8.87. The number of nitrogens with zero attached hydrogens (tertiary/aromatic N) is 2. The Balaban J connectivity index is 0.000000302. The Labute approximate surface area is 145 Å².